The largest absolute Gasteiger partial charge is 0.508 e. The number of hydrogen-bond acceptors (Lipinski definition) is 16. The Balaban J connectivity index is 1.46. The van der Waals surface area contributed by atoms with E-state index in [0.717, 1.165) is 0 Å². The van der Waals surface area contributed by atoms with Crippen molar-refractivity contribution in [2.75, 3.05) is 17.8 Å². The molecule has 0 aliphatic carbocycles. The number of carbonyl (C=O) groups excluding carboxylic acids is 8. The molecular formula is C61H76N10O16S2. The summed E-state index contributed by atoms with van der Waals surface area (Å²) in [6, 6.07) is 13.0. The van der Waals surface area contributed by atoms with Gasteiger partial charge in [-0.25, -0.2) is 4.79 Å². The number of phenols is 2. The lowest BCUT2D eigenvalue weighted by molar-refractivity contribution is -0.143. The highest BCUT2D eigenvalue weighted by atomic mass is 32.2. The van der Waals surface area contributed by atoms with Crippen molar-refractivity contribution in [1.82, 2.24) is 47.5 Å². The topological polar surface area (TPSA) is 427 Å². The number of carboxylic acids is 3. The van der Waals surface area contributed by atoms with Crippen LogP contribution in [0.4, 0.5) is 0 Å². The second kappa shape index (κ2) is 35.0. The van der Waals surface area contributed by atoms with Crippen molar-refractivity contribution >= 4 is 100 Å². The van der Waals surface area contributed by atoms with Gasteiger partial charge in [-0.1, -0.05) is 93.1 Å². The molecule has 0 aliphatic heterocycles. The summed E-state index contributed by atoms with van der Waals surface area (Å²) in [5, 5.41) is 69.9. The number of rotatable bonds is 36. The van der Waals surface area contributed by atoms with Crippen molar-refractivity contribution in [3.8, 4) is 11.5 Å². The third-order valence-electron chi connectivity index (χ3n) is 14.6. The van der Waals surface area contributed by atoms with Gasteiger partial charge in [0.1, 0.15) is 59.8 Å². The average Bonchev–Trinajstić information content (AvgIpc) is 3.71. The van der Waals surface area contributed by atoms with E-state index in [1.54, 1.807) is 67.7 Å². The van der Waals surface area contributed by atoms with E-state index in [2.05, 4.69) is 60.1 Å². The van der Waals surface area contributed by atoms with E-state index < -0.39 is 145 Å². The number of nitrogens with one attached hydrogen (secondary N) is 9. The van der Waals surface area contributed by atoms with Crippen molar-refractivity contribution in [3.05, 3.63) is 132 Å². The fourth-order valence-corrected chi connectivity index (χ4v) is 9.97. The Morgan fingerprint density at radius 1 is 0.506 bits per heavy atom. The fraction of sp³-hybridized carbons (Fsp3) is 0.393. The summed E-state index contributed by atoms with van der Waals surface area (Å²) in [6.07, 6.45) is 0.937. The first-order chi connectivity index (χ1) is 42.4. The molecule has 89 heavy (non-hydrogen) atoms. The number of benzene rings is 4. The van der Waals surface area contributed by atoms with Gasteiger partial charge in [0.25, 0.3) is 0 Å². The van der Waals surface area contributed by atoms with Gasteiger partial charge in [0.05, 0.1) is 12.5 Å². The molecule has 0 saturated carbocycles. The summed E-state index contributed by atoms with van der Waals surface area (Å²) in [5.41, 5.74) is 8.77. The number of carboxylic acid groups (broad SMARTS) is 3. The lowest BCUT2D eigenvalue weighted by Gasteiger charge is -2.28. The molecule has 0 radical (unpaired) electrons. The predicted octanol–water partition coefficient (Wildman–Crippen LogP) is 1.21. The number of carbonyl (C=O) groups is 11. The summed E-state index contributed by atoms with van der Waals surface area (Å²) in [5.74, 6) is -12.8. The molecule has 4 aromatic carbocycles. The van der Waals surface area contributed by atoms with Crippen LogP contribution in [0.3, 0.4) is 0 Å². The highest BCUT2D eigenvalue weighted by Gasteiger charge is 2.37. The Hall–Kier alpha value is -9.15. The van der Waals surface area contributed by atoms with Crippen LogP contribution in [0, 0.1) is 5.92 Å². The molecule has 10 unspecified atom stereocenters. The molecule has 0 fully saturated rings. The number of phenolic OH excluding ortho intramolecular Hbond substituents is 2. The van der Waals surface area contributed by atoms with Crippen LogP contribution in [0.2, 0.25) is 0 Å². The molecule has 10 atom stereocenters. The van der Waals surface area contributed by atoms with Crippen molar-refractivity contribution in [2.24, 2.45) is 11.7 Å². The van der Waals surface area contributed by atoms with Crippen LogP contribution in [-0.4, -0.2) is 168 Å². The van der Waals surface area contributed by atoms with Crippen LogP contribution in [-0.2, 0) is 78.4 Å². The predicted molar refractivity (Wildman–Crippen MR) is 332 cm³/mol. The number of H-pyrrole nitrogens is 1. The molecule has 1 aromatic heterocycles. The molecule has 5 aromatic rings. The molecule has 0 aliphatic rings. The maximum atomic E-state index is 15.0. The highest BCUT2D eigenvalue weighted by molar-refractivity contribution is 7.98. The molecule has 1 heterocycles. The highest BCUT2D eigenvalue weighted by Crippen LogP contribution is 2.21. The van der Waals surface area contributed by atoms with E-state index in [4.69, 9.17) is 10.8 Å². The third kappa shape index (κ3) is 22.5. The Kier molecular flexibility index (Phi) is 27.8. The van der Waals surface area contributed by atoms with Gasteiger partial charge in [-0.15, -0.1) is 0 Å². The molecule has 28 heteroatoms. The van der Waals surface area contributed by atoms with Crippen LogP contribution >= 0.6 is 24.4 Å². The van der Waals surface area contributed by atoms with Crippen molar-refractivity contribution in [1.29, 1.82) is 0 Å². The summed E-state index contributed by atoms with van der Waals surface area (Å²) in [7, 11) is 0. The van der Waals surface area contributed by atoms with Gasteiger partial charge in [-0.2, -0.15) is 24.4 Å². The lowest BCUT2D eigenvalue weighted by Crippen LogP contribution is -2.61. The van der Waals surface area contributed by atoms with E-state index in [0.29, 0.717) is 45.3 Å². The van der Waals surface area contributed by atoms with Gasteiger partial charge < -0.3 is 78.8 Å². The summed E-state index contributed by atoms with van der Waals surface area (Å²) in [6.45, 7) is 3.68. The molecule has 16 N–H and O–H groups in total. The number of hydrogen-bond donors (Lipinski definition) is 16. The number of aliphatic carboxylic acids is 3. The molecule has 478 valence electrons. The normalized spacial score (nSPS) is 14.5. The zero-order valence-corrected chi connectivity index (χ0v) is 50.8. The van der Waals surface area contributed by atoms with E-state index in [-0.39, 0.29) is 49.5 Å². The molecule has 26 nitrogen and oxygen atoms in total. The van der Waals surface area contributed by atoms with Crippen molar-refractivity contribution in [3.63, 3.8) is 0 Å². The first kappa shape index (κ1) is 70.6. The Morgan fingerprint density at radius 3 is 1.39 bits per heavy atom. The number of thiol groups is 1. The summed E-state index contributed by atoms with van der Waals surface area (Å²) in [4.78, 5) is 153. The van der Waals surface area contributed by atoms with Gasteiger partial charge in [-0.3, -0.25) is 47.9 Å². The molecular weight excluding hydrogens is 1190 g/mol. The van der Waals surface area contributed by atoms with Gasteiger partial charge >= 0.3 is 17.9 Å². The van der Waals surface area contributed by atoms with Gasteiger partial charge in [-0.05, 0) is 83.4 Å². The van der Waals surface area contributed by atoms with Crippen LogP contribution in [0.25, 0.3) is 10.9 Å². The van der Waals surface area contributed by atoms with E-state index in [9.17, 15) is 68.4 Å². The van der Waals surface area contributed by atoms with Crippen LogP contribution in [0.5, 0.6) is 11.5 Å². The monoisotopic (exact) mass is 1270 g/mol. The molecule has 0 bridgehead atoms. The van der Waals surface area contributed by atoms with Crippen molar-refractivity contribution in [2.45, 2.75) is 126 Å². The second-order valence-electron chi connectivity index (χ2n) is 21.2. The second-order valence-corrected chi connectivity index (χ2v) is 22.6. The van der Waals surface area contributed by atoms with E-state index in [1.807, 2.05) is 13.2 Å². The minimum Gasteiger partial charge on any atom is -0.508 e. The minimum atomic E-state index is -1.99. The first-order valence-corrected chi connectivity index (χ1v) is 30.5. The zero-order valence-electron chi connectivity index (χ0n) is 49.1. The van der Waals surface area contributed by atoms with E-state index in [1.165, 1.54) is 60.3 Å². The standard InChI is InChI=1S/C61H76N10O16S2/c1-4-33(2)52(62)60(85)64-42(24-25-89-3)53(78)66-44(26-34-10-6-5-7-11-34)55(80)69-47(29-37-31-63-41-13-9-8-12-40(37)41)57(82)67-46(28-36-16-20-39(73)21-17-36)56(81)70-48(30-51(76)77)58(83)71-49(32-88)59(84)68-45(27-35-14-18-38(72)19-15-35)54(79)65-43(61(86)87)22-23-50(74)75/h5-21,31,33,42-49,52,63,72-73,88H,4,22-30,32,62H2,1-3H3,(H,64,85)(H,65,79)(H,66,78)(H,67,82)(H,68,84)(H,69,80)(H,70,81)(H,71,83)(H,74,75)(H,76,77)(H,86,87). The Morgan fingerprint density at radius 2 is 0.921 bits per heavy atom. The number of nitrogens with two attached hydrogens (primary N) is 1. The van der Waals surface area contributed by atoms with Crippen LogP contribution < -0.4 is 48.3 Å². The number of aromatic amines is 1. The fourth-order valence-electron chi connectivity index (χ4n) is 9.24. The first-order valence-electron chi connectivity index (χ1n) is 28.5. The van der Waals surface area contributed by atoms with Crippen molar-refractivity contribution < 1.29 is 78.3 Å². The smallest absolute Gasteiger partial charge is 0.326 e. The molecule has 5 rings (SSSR count). The number of aromatic hydroxyl groups is 2. The average molecular weight is 1270 g/mol. The van der Waals surface area contributed by atoms with Crippen LogP contribution in [0.15, 0.2) is 109 Å². The van der Waals surface area contributed by atoms with Gasteiger partial charge in [0, 0.05) is 55.0 Å². The quantitative estimate of drug-likeness (QED) is 0.0251. The van der Waals surface area contributed by atoms with Crippen LogP contribution in [0.1, 0.15) is 68.2 Å². The Labute approximate surface area is 522 Å². The number of thioether (sulfide) groups is 1. The Bertz CT molecular complexity index is 3260. The van der Waals surface area contributed by atoms with E-state index >= 15 is 4.79 Å². The maximum absolute atomic E-state index is 15.0. The maximum Gasteiger partial charge on any atom is 0.326 e. The third-order valence-corrected chi connectivity index (χ3v) is 15.6. The summed E-state index contributed by atoms with van der Waals surface area (Å²) >= 11 is 5.63. The zero-order chi connectivity index (χ0) is 65.3. The summed E-state index contributed by atoms with van der Waals surface area (Å²) < 4.78 is 0. The van der Waals surface area contributed by atoms with Gasteiger partial charge in [0.15, 0.2) is 0 Å². The minimum absolute atomic E-state index is 0.0941. The molecule has 8 amide bonds. The number of fused-ring (bicyclic) bond motifs is 1. The SMILES string of the molecule is CCC(C)C(N)C(=O)NC(CCSC)C(=O)NC(Cc1ccccc1)C(=O)NC(Cc1c[nH]c2ccccc12)C(=O)NC(Cc1ccc(O)cc1)C(=O)NC(CC(=O)O)C(=O)NC(CS)C(=O)NC(Cc1ccc(O)cc1)C(=O)NC(CCC(=O)O)C(=O)O. The number of aromatic nitrogens is 1. The lowest BCUT2D eigenvalue weighted by atomic mass is 9.98. The molecule has 0 spiro atoms. The molecule has 0 saturated heterocycles. The number of para-hydroxylation sites is 1. The number of amides is 8. The van der Waals surface area contributed by atoms with Gasteiger partial charge in [0.2, 0.25) is 47.3 Å².